The molecule has 1 spiro atoms. The highest BCUT2D eigenvalue weighted by Gasteiger charge is 2.48. The maximum atomic E-state index is 12.0. The Morgan fingerprint density at radius 1 is 1.38 bits per heavy atom. The third-order valence-corrected chi connectivity index (χ3v) is 3.94. The molecule has 1 saturated heterocycles. The van der Waals surface area contributed by atoms with Crippen molar-refractivity contribution in [3.63, 3.8) is 0 Å². The number of hydrogen-bond donors (Lipinski definition) is 1. The Bertz CT molecular complexity index is 455. The Morgan fingerprint density at radius 3 is 2.94 bits per heavy atom. The molecular weight excluding hydrogens is 202 g/mol. The lowest BCUT2D eigenvalue weighted by atomic mass is 9.80. The number of ether oxygens (including phenoxy) is 1. The van der Waals surface area contributed by atoms with Crippen molar-refractivity contribution in [3.05, 3.63) is 29.3 Å². The summed E-state index contributed by atoms with van der Waals surface area (Å²) in [5, 5.41) is 2.95. The third-order valence-electron chi connectivity index (χ3n) is 3.94. The molecule has 1 aromatic rings. The molecule has 3 nitrogen and oxygen atoms in total. The van der Waals surface area contributed by atoms with Crippen LogP contribution in [-0.2, 0) is 16.6 Å². The predicted molar refractivity (Wildman–Crippen MR) is 60.6 cm³/mol. The van der Waals surface area contributed by atoms with Crippen molar-refractivity contribution in [2.75, 3.05) is 13.7 Å². The first kappa shape index (κ1) is 9.70. The van der Waals surface area contributed by atoms with Crippen LogP contribution in [0.2, 0.25) is 0 Å². The molecule has 1 aromatic carbocycles. The highest BCUT2D eigenvalue weighted by Crippen LogP contribution is 2.46. The van der Waals surface area contributed by atoms with E-state index >= 15 is 0 Å². The zero-order chi connectivity index (χ0) is 11.2. The zero-order valence-corrected chi connectivity index (χ0v) is 9.38. The van der Waals surface area contributed by atoms with Gasteiger partial charge < -0.3 is 10.1 Å². The Kier molecular flexibility index (Phi) is 1.96. The van der Waals surface area contributed by atoms with Gasteiger partial charge in [-0.15, -0.1) is 0 Å². The first-order chi connectivity index (χ1) is 7.78. The summed E-state index contributed by atoms with van der Waals surface area (Å²) in [7, 11) is 1.69. The average molecular weight is 217 g/mol. The van der Waals surface area contributed by atoms with E-state index in [1.165, 1.54) is 11.1 Å². The molecule has 0 bridgehead atoms. The summed E-state index contributed by atoms with van der Waals surface area (Å²) >= 11 is 0. The third kappa shape index (κ3) is 1.06. The van der Waals surface area contributed by atoms with Crippen molar-refractivity contribution in [2.45, 2.75) is 24.7 Å². The van der Waals surface area contributed by atoms with Crippen molar-refractivity contribution in [3.8, 4) is 5.75 Å². The van der Waals surface area contributed by atoms with Crippen LogP contribution in [0.15, 0.2) is 18.2 Å². The second-order valence-corrected chi connectivity index (χ2v) is 4.57. The first-order valence-corrected chi connectivity index (χ1v) is 5.72. The molecule has 84 valence electrons. The average Bonchev–Trinajstić information content (AvgIpc) is 2.86. The number of amides is 1. The van der Waals surface area contributed by atoms with Crippen molar-refractivity contribution >= 4 is 5.91 Å². The van der Waals surface area contributed by atoms with Gasteiger partial charge in [0.2, 0.25) is 5.91 Å². The van der Waals surface area contributed by atoms with Gasteiger partial charge in [0, 0.05) is 6.54 Å². The number of rotatable bonds is 1. The Labute approximate surface area is 94.8 Å². The lowest BCUT2D eigenvalue weighted by molar-refractivity contribution is -0.123. The monoisotopic (exact) mass is 217 g/mol. The van der Waals surface area contributed by atoms with Crippen LogP contribution in [0.25, 0.3) is 0 Å². The van der Waals surface area contributed by atoms with Crippen molar-refractivity contribution in [1.82, 2.24) is 5.32 Å². The van der Waals surface area contributed by atoms with Gasteiger partial charge in [-0.3, -0.25) is 4.79 Å². The smallest absolute Gasteiger partial charge is 0.230 e. The van der Waals surface area contributed by atoms with E-state index in [-0.39, 0.29) is 11.3 Å². The highest BCUT2D eigenvalue weighted by atomic mass is 16.5. The van der Waals surface area contributed by atoms with E-state index in [1.54, 1.807) is 7.11 Å². The van der Waals surface area contributed by atoms with Crippen LogP contribution >= 0.6 is 0 Å². The molecule has 1 atom stereocenters. The van der Waals surface area contributed by atoms with Crippen LogP contribution in [0.5, 0.6) is 5.75 Å². The van der Waals surface area contributed by atoms with Crippen molar-refractivity contribution < 1.29 is 9.53 Å². The molecule has 0 saturated carbocycles. The van der Waals surface area contributed by atoms with Gasteiger partial charge in [0.05, 0.1) is 12.5 Å². The molecule has 16 heavy (non-hydrogen) atoms. The number of benzene rings is 1. The fourth-order valence-corrected chi connectivity index (χ4v) is 3.10. The largest absolute Gasteiger partial charge is 0.496 e. The molecule has 3 rings (SSSR count). The minimum atomic E-state index is -0.260. The normalized spacial score (nSPS) is 26.9. The number of carbonyl (C=O) groups excluding carboxylic acids is 1. The second-order valence-electron chi connectivity index (χ2n) is 4.57. The van der Waals surface area contributed by atoms with Gasteiger partial charge in [-0.2, -0.15) is 0 Å². The van der Waals surface area contributed by atoms with Crippen LogP contribution in [0.4, 0.5) is 0 Å². The van der Waals surface area contributed by atoms with Gasteiger partial charge in [-0.05, 0) is 36.5 Å². The maximum absolute atomic E-state index is 12.0. The summed E-state index contributed by atoms with van der Waals surface area (Å²) in [6, 6.07) is 6.04. The van der Waals surface area contributed by atoms with Gasteiger partial charge in [0.1, 0.15) is 5.75 Å². The fourth-order valence-electron chi connectivity index (χ4n) is 3.10. The molecule has 1 unspecified atom stereocenters. The summed E-state index contributed by atoms with van der Waals surface area (Å²) < 4.78 is 5.36. The van der Waals surface area contributed by atoms with E-state index in [2.05, 4.69) is 11.4 Å². The first-order valence-electron chi connectivity index (χ1n) is 5.72. The van der Waals surface area contributed by atoms with Crippen molar-refractivity contribution in [1.29, 1.82) is 0 Å². The van der Waals surface area contributed by atoms with Crippen LogP contribution in [-0.4, -0.2) is 19.6 Å². The molecule has 1 aliphatic carbocycles. The lowest BCUT2D eigenvalue weighted by Gasteiger charge is -2.21. The van der Waals surface area contributed by atoms with Gasteiger partial charge in [0.25, 0.3) is 0 Å². The molecular formula is C13H15NO2. The minimum absolute atomic E-state index is 0.194. The quantitative estimate of drug-likeness (QED) is 0.772. The maximum Gasteiger partial charge on any atom is 0.230 e. The van der Waals surface area contributed by atoms with Crippen LogP contribution < -0.4 is 10.1 Å². The topological polar surface area (TPSA) is 38.3 Å². The Hall–Kier alpha value is -1.51. The summed E-state index contributed by atoms with van der Waals surface area (Å²) in [5.74, 6) is 1.12. The van der Waals surface area contributed by atoms with Crippen LogP contribution in [0.3, 0.4) is 0 Å². The van der Waals surface area contributed by atoms with Gasteiger partial charge >= 0.3 is 0 Å². The van der Waals surface area contributed by atoms with E-state index in [0.717, 1.165) is 31.6 Å². The number of hydrogen-bond acceptors (Lipinski definition) is 2. The van der Waals surface area contributed by atoms with E-state index in [0.29, 0.717) is 0 Å². The number of nitrogens with one attached hydrogen (secondary N) is 1. The standard InChI is InChI=1S/C13H15NO2/c1-16-11-4-2-3-10-9(11)5-6-13(10)7-8-14-12(13)15/h2-4H,5-8H2,1H3,(H,14,15). The summed E-state index contributed by atoms with van der Waals surface area (Å²) in [5.41, 5.74) is 2.15. The van der Waals surface area contributed by atoms with E-state index in [4.69, 9.17) is 4.74 Å². The highest BCUT2D eigenvalue weighted by molar-refractivity contribution is 5.91. The van der Waals surface area contributed by atoms with E-state index < -0.39 is 0 Å². The van der Waals surface area contributed by atoms with E-state index in [1.807, 2.05) is 12.1 Å². The van der Waals surface area contributed by atoms with Gasteiger partial charge in [0.15, 0.2) is 0 Å². The molecule has 1 heterocycles. The molecule has 1 amide bonds. The van der Waals surface area contributed by atoms with Crippen molar-refractivity contribution in [2.24, 2.45) is 0 Å². The minimum Gasteiger partial charge on any atom is -0.496 e. The van der Waals surface area contributed by atoms with Crippen LogP contribution in [0, 0.1) is 0 Å². The number of methoxy groups -OCH3 is 1. The predicted octanol–water partition coefficient (Wildman–Crippen LogP) is 1.40. The fraction of sp³-hybridized carbons (Fsp3) is 0.462. The summed E-state index contributed by atoms with van der Waals surface area (Å²) in [6.45, 7) is 0.801. The van der Waals surface area contributed by atoms with Gasteiger partial charge in [-0.1, -0.05) is 12.1 Å². The molecule has 0 aromatic heterocycles. The Balaban J connectivity index is 2.16. The van der Waals surface area contributed by atoms with E-state index in [9.17, 15) is 4.79 Å². The molecule has 1 aliphatic heterocycles. The zero-order valence-electron chi connectivity index (χ0n) is 9.38. The second kappa shape index (κ2) is 3.24. The Morgan fingerprint density at radius 2 is 2.25 bits per heavy atom. The number of fused-ring (bicyclic) bond motifs is 2. The SMILES string of the molecule is COc1cccc2c1CCC21CCNC1=O. The molecule has 1 N–H and O–H groups in total. The summed E-state index contributed by atoms with van der Waals surface area (Å²) in [4.78, 5) is 12.0. The summed E-state index contributed by atoms with van der Waals surface area (Å²) in [6.07, 6.45) is 2.80. The molecule has 0 radical (unpaired) electrons. The van der Waals surface area contributed by atoms with Crippen LogP contribution in [0.1, 0.15) is 24.0 Å². The number of carbonyl (C=O) groups is 1. The molecule has 1 fully saturated rings. The molecule has 2 aliphatic rings. The van der Waals surface area contributed by atoms with Gasteiger partial charge in [-0.25, -0.2) is 0 Å². The molecule has 3 heteroatoms. The lowest BCUT2D eigenvalue weighted by Crippen LogP contribution is -2.33.